The van der Waals surface area contributed by atoms with E-state index in [0.717, 1.165) is 12.5 Å². The molecule has 0 aromatic rings. The zero-order valence-corrected chi connectivity index (χ0v) is 6.32. The van der Waals surface area contributed by atoms with E-state index in [0.29, 0.717) is 6.10 Å². The third-order valence-corrected chi connectivity index (χ3v) is 3.34. The van der Waals surface area contributed by atoms with Crippen LogP contribution in [0, 0.1) is 5.92 Å². The number of fused-ring (bicyclic) bond motifs is 1. The molecule has 2 heteroatoms. The van der Waals surface area contributed by atoms with Crippen LogP contribution in [0.25, 0.3) is 0 Å². The van der Waals surface area contributed by atoms with Gasteiger partial charge in [0.1, 0.15) is 0 Å². The third-order valence-electron chi connectivity index (χ3n) is 2.20. The number of ether oxygens (including phenoxy) is 1. The largest absolute Gasteiger partial charge is 0.377 e. The molecule has 0 saturated carbocycles. The fraction of sp³-hybridized carbons (Fsp3) is 1.00. The van der Waals surface area contributed by atoms with Crippen LogP contribution in [0.3, 0.4) is 0 Å². The van der Waals surface area contributed by atoms with Crippen LogP contribution < -0.4 is 0 Å². The molecule has 0 bridgehead atoms. The van der Waals surface area contributed by atoms with Crippen LogP contribution in [0.2, 0.25) is 0 Å². The quantitative estimate of drug-likeness (QED) is 0.510. The average molecular weight is 144 g/mol. The highest BCUT2D eigenvalue weighted by Gasteiger charge is 2.32. The maximum Gasteiger partial charge on any atom is 0.0715 e. The predicted molar refractivity (Wildman–Crippen MR) is 39.8 cm³/mol. The van der Waals surface area contributed by atoms with Crippen LogP contribution in [-0.4, -0.2) is 24.2 Å². The van der Waals surface area contributed by atoms with Crippen LogP contribution in [0.1, 0.15) is 12.8 Å². The molecule has 0 N–H and O–H groups in total. The maximum atomic E-state index is 5.39. The topological polar surface area (TPSA) is 9.23 Å². The first-order chi connectivity index (χ1) is 4.47. The molecule has 1 nitrogen and oxygen atoms in total. The summed E-state index contributed by atoms with van der Waals surface area (Å²) in [7, 11) is 0. The van der Waals surface area contributed by atoms with Crippen LogP contribution in [0.15, 0.2) is 0 Å². The molecule has 2 aliphatic heterocycles. The van der Waals surface area contributed by atoms with E-state index in [1.165, 1.54) is 24.3 Å². The lowest BCUT2D eigenvalue weighted by Gasteiger charge is -2.34. The Bertz CT molecular complexity index is 93.1. The first-order valence-electron chi connectivity index (χ1n) is 3.66. The molecule has 2 heterocycles. The van der Waals surface area contributed by atoms with E-state index in [1.54, 1.807) is 0 Å². The molecule has 2 saturated heterocycles. The Morgan fingerprint density at radius 2 is 2.44 bits per heavy atom. The van der Waals surface area contributed by atoms with E-state index in [4.69, 9.17) is 4.74 Å². The molecule has 52 valence electrons. The van der Waals surface area contributed by atoms with Gasteiger partial charge < -0.3 is 4.74 Å². The first-order valence-corrected chi connectivity index (χ1v) is 4.81. The monoisotopic (exact) mass is 144 g/mol. The van der Waals surface area contributed by atoms with Gasteiger partial charge in [0.2, 0.25) is 0 Å². The van der Waals surface area contributed by atoms with Gasteiger partial charge in [-0.25, -0.2) is 0 Å². The minimum Gasteiger partial charge on any atom is -0.377 e. The van der Waals surface area contributed by atoms with Crippen LogP contribution in [0.4, 0.5) is 0 Å². The molecule has 2 unspecified atom stereocenters. The Labute approximate surface area is 60.2 Å². The van der Waals surface area contributed by atoms with E-state index >= 15 is 0 Å². The lowest BCUT2D eigenvalue weighted by molar-refractivity contribution is -0.101. The minimum atomic E-state index is 0.637. The molecule has 0 aromatic carbocycles. The summed E-state index contributed by atoms with van der Waals surface area (Å²) in [6, 6.07) is 0. The van der Waals surface area contributed by atoms with Crippen molar-refractivity contribution in [2.24, 2.45) is 5.92 Å². The van der Waals surface area contributed by atoms with Crippen molar-refractivity contribution in [1.29, 1.82) is 0 Å². The molecule has 9 heavy (non-hydrogen) atoms. The van der Waals surface area contributed by atoms with E-state index < -0.39 is 0 Å². The standard InChI is InChI=1S/C7H12OS/c1-2-6-4-8-7(6)5-9-3-1/h6-7H,1-5H2. The second kappa shape index (κ2) is 2.51. The summed E-state index contributed by atoms with van der Waals surface area (Å²) < 4.78 is 5.39. The van der Waals surface area contributed by atoms with Crippen molar-refractivity contribution in [3.63, 3.8) is 0 Å². The fourth-order valence-electron chi connectivity index (χ4n) is 1.47. The molecule has 2 aliphatic rings. The maximum absolute atomic E-state index is 5.39. The van der Waals surface area contributed by atoms with Crippen LogP contribution in [-0.2, 0) is 4.74 Å². The number of hydrogen-bond acceptors (Lipinski definition) is 2. The molecule has 2 fully saturated rings. The zero-order chi connectivity index (χ0) is 6.10. The number of rotatable bonds is 0. The summed E-state index contributed by atoms with van der Waals surface area (Å²) in [5, 5.41) is 0. The van der Waals surface area contributed by atoms with Gasteiger partial charge in [0.15, 0.2) is 0 Å². The normalized spacial score (nSPS) is 42.7. The van der Waals surface area contributed by atoms with Crippen molar-refractivity contribution < 1.29 is 4.74 Å². The third kappa shape index (κ3) is 1.10. The van der Waals surface area contributed by atoms with Crippen molar-refractivity contribution in [3.05, 3.63) is 0 Å². The Morgan fingerprint density at radius 3 is 3.22 bits per heavy atom. The molecule has 0 spiro atoms. The Hall–Kier alpha value is 0.310. The van der Waals surface area contributed by atoms with Gasteiger partial charge in [0.05, 0.1) is 12.7 Å². The van der Waals surface area contributed by atoms with Crippen molar-refractivity contribution >= 4 is 11.8 Å². The minimum absolute atomic E-state index is 0.637. The summed E-state index contributed by atoms with van der Waals surface area (Å²) in [5.41, 5.74) is 0. The van der Waals surface area contributed by atoms with Crippen molar-refractivity contribution in [2.45, 2.75) is 18.9 Å². The van der Waals surface area contributed by atoms with E-state index in [2.05, 4.69) is 11.8 Å². The highest BCUT2D eigenvalue weighted by atomic mass is 32.2. The van der Waals surface area contributed by atoms with Gasteiger partial charge >= 0.3 is 0 Å². The molecule has 0 amide bonds. The van der Waals surface area contributed by atoms with Crippen molar-refractivity contribution in [1.82, 2.24) is 0 Å². The van der Waals surface area contributed by atoms with Crippen LogP contribution in [0.5, 0.6) is 0 Å². The van der Waals surface area contributed by atoms with E-state index in [9.17, 15) is 0 Å². The zero-order valence-electron chi connectivity index (χ0n) is 5.51. The SMILES string of the molecule is C1CSCC2OCC2C1. The Balaban J connectivity index is 1.90. The summed E-state index contributed by atoms with van der Waals surface area (Å²) in [6.07, 6.45) is 3.46. The highest BCUT2D eigenvalue weighted by molar-refractivity contribution is 7.99. The number of hydrogen-bond donors (Lipinski definition) is 0. The van der Waals surface area contributed by atoms with Gasteiger partial charge in [-0.3, -0.25) is 0 Å². The smallest absolute Gasteiger partial charge is 0.0715 e. The summed E-state index contributed by atoms with van der Waals surface area (Å²) in [6.45, 7) is 1.05. The molecule has 0 aliphatic carbocycles. The van der Waals surface area contributed by atoms with Crippen LogP contribution >= 0.6 is 11.8 Å². The van der Waals surface area contributed by atoms with Gasteiger partial charge in [-0.05, 0) is 18.6 Å². The Kier molecular flexibility index (Phi) is 1.68. The fourth-order valence-corrected chi connectivity index (χ4v) is 2.61. The second-order valence-corrected chi connectivity index (χ2v) is 4.00. The van der Waals surface area contributed by atoms with Gasteiger partial charge in [0.25, 0.3) is 0 Å². The molecule has 0 aromatic heterocycles. The molecule has 2 rings (SSSR count). The van der Waals surface area contributed by atoms with Crippen molar-refractivity contribution in [3.8, 4) is 0 Å². The molecule has 0 radical (unpaired) electrons. The van der Waals surface area contributed by atoms with E-state index in [-0.39, 0.29) is 0 Å². The summed E-state index contributed by atoms with van der Waals surface area (Å²) in [4.78, 5) is 0. The second-order valence-electron chi connectivity index (χ2n) is 2.85. The van der Waals surface area contributed by atoms with Gasteiger partial charge in [-0.2, -0.15) is 11.8 Å². The lowest BCUT2D eigenvalue weighted by atomic mass is 9.95. The predicted octanol–water partition coefficient (Wildman–Crippen LogP) is 1.53. The molecular formula is C7H12OS. The first kappa shape index (κ1) is 6.05. The molecular weight excluding hydrogens is 132 g/mol. The van der Waals surface area contributed by atoms with Gasteiger partial charge in [-0.1, -0.05) is 0 Å². The van der Waals surface area contributed by atoms with Gasteiger partial charge in [-0.15, -0.1) is 0 Å². The van der Waals surface area contributed by atoms with E-state index in [1.807, 2.05) is 0 Å². The summed E-state index contributed by atoms with van der Waals surface area (Å²) >= 11 is 2.05. The lowest BCUT2D eigenvalue weighted by Crippen LogP contribution is -2.40. The number of thioether (sulfide) groups is 1. The van der Waals surface area contributed by atoms with Gasteiger partial charge in [0, 0.05) is 11.7 Å². The average Bonchev–Trinajstić information content (AvgIpc) is 1.94. The molecule has 2 atom stereocenters. The Morgan fingerprint density at radius 1 is 1.44 bits per heavy atom. The summed E-state index contributed by atoms with van der Waals surface area (Å²) in [5.74, 6) is 3.54. The highest BCUT2D eigenvalue weighted by Crippen LogP contribution is 2.31. The van der Waals surface area contributed by atoms with Crippen molar-refractivity contribution in [2.75, 3.05) is 18.1 Å².